The second-order valence-electron chi connectivity index (χ2n) is 5.92. The summed E-state index contributed by atoms with van der Waals surface area (Å²) in [5.74, 6) is -0.309. The monoisotopic (exact) mass is 256 g/mol. The van der Waals surface area contributed by atoms with Crippen LogP contribution in [0.2, 0.25) is 0 Å². The van der Waals surface area contributed by atoms with Gasteiger partial charge < -0.3 is 14.4 Å². The first-order valence-corrected chi connectivity index (χ1v) is 6.10. The summed E-state index contributed by atoms with van der Waals surface area (Å²) in [6.45, 7) is 6.41. The van der Waals surface area contributed by atoms with E-state index in [9.17, 15) is 9.59 Å². The number of ether oxygens (including phenoxy) is 2. The van der Waals surface area contributed by atoms with Crippen molar-refractivity contribution in [2.24, 2.45) is 0 Å². The Hall–Kier alpha value is -1.30. The van der Waals surface area contributed by atoms with Gasteiger partial charge in [0.25, 0.3) is 0 Å². The highest BCUT2D eigenvalue weighted by atomic mass is 16.6. The second-order valence-corrected chi connectivity index (χ2v) is 5.92. The van der Waals surface area contributed by atoms with Crippen molar-refractivity contribution >= 4 is 12.1 Å². The zero-order valence-corrected chi connectivity index (χ0v) is 11.3. The molecular formula is C12H20N2O4. The Bertz CT molecular complexity index is 377. The highest BCUT2D eigenvalue weighted by Gasteiger charge is 2.57. The lowest BCUT2D eigenvalue weighted by Crippen LogP contribution is -2.58. The highest BCUT2D eigenvalue weighted by molar-refractivity contribution is 5.84. The average Bonchev–Trinajstić information content (AvgIpc) is 2.84. The molecule has 2 aliphatic heterocycles. The van der Waals surface area contributed by atoms with Crippen LogP contribution in [0.4, 0.5) is 4.79 Å². The van der Waals surface area contributed by atoms with Gasteiger partial charge in [-0.3, -0.25) is 5.32 Å². The van der Waals surface area contributed by atoms with Crippen LogP contribution in [0, 0.1) is 0 Å². The molecule has 2 bridgehead atoms. The number of methoxy groups -OCH3 is 1. The van der Waals surface area contributed by atoms with Crippen molar-refractivity contribution in [2.75, 3.05) is 20.2 Å². The number of amides is 1. The van der Waals surface area contributed by atoms with Gasteiger partial charge in [0.1, 0.15) is 11.1 Å². The van der Waals surface area contributed by atoms with E-state index in [-0.39, 0.29) is 18.1 Å². The van der Waals surface area contributed by atoms with Gasteiger partial charge in [0.2, 0.25) is 0 Å². The summed E-state index contributed by atoms with van der Waals surface area (Å²) in [4.78, 5) is 25.4. The molecule has 2 saturated heterocycles. The number of nitrogens with zero attached hydrogens (tertiary/aromatic N) is 1. The molecule has 0 aromatic carbocycles. The summed E-state index contributed by atoms with van der Waals surface area (Å²) in [6.07, 6.45) is 0.235. The van der Waals surface area contributed by atoms with Crippen molar-refractivity contribution in [3.63, 3.8) is 0 Å². The number of piperazine rings is 1. The summed E-state index contributed by atoms with van der Waals surface area (Å²) >= 11 is 0. The highest BCUT2D eigenvalue weighted by Crippen LogP contribution is 2.34. The standard InChI is InChI=1S/C12H20N2O4/c1-11(2,3)18-10(16)14-7-12(9(15)17-4)5-8(14)6-13-12/h8,13H,5-7H2,1-4H3. The van der Waals surface area contributed by atoms with Crippen molar-refractivity contribution in [3.8, 4) is 0 Å². The number of esters is 1. The Morgan fingerprint density at radius 2 is 2.06 bits per heavy atom. The van der Waals surface area contributed by atoms with Gasteiger partial charge in [0.05, 0.1) is 19.7 Å². The van der Waals surface area contributed by atoms with Crippen molar-refractivity contribution in [1.82, 2.24) is 10.2 Å². The van der Waals surface area contributed by atoms with Crippen molar-refractivity contribution < 1.29 is 19.1 Å². The number of nitrogens with one attached hydrogen (secondary N) is 1. The molecule has 6 heteroatoms. The Balaban J connectivity index is 2.07. The Morgan fingerprint density at radius 3 is 2.61 bits per heavy atom. The number of likely N-dealkylation sites (tertiary alicyclic amines) is 1. The van der Waals surface area contributed by atoms with Crippen LogP contribution in [0.3, 0.4) is 0 Å². The first kappa shape index (κ1) is 13.1. The molecular weight excluding hydrogens is 236 g/mol. The number of carbonyl (C=O) groups is 2. The van der Waals surface area contributed by atoms with Crippen LogP contribution in [0.15, 0.2) is 0 Å². The number of hydrogen-bond donors (Lipinski definition) is 1. The molecule has 1 N–H and O–H groups in total. The maximum Gasteiger partial charge on any atom is 0.410 e. The second kappa shape index (κ2) is 4.12. The Kier molecular flexibility index (Phi) is 3.01. The van der Waals surface area contributed by atoms with Gasteiger partial charge in [-0.25, -0.2) is 9.59 Å². The van der Waals surface area contributed by atoms with Crippen LogP contribution >= 0.6 is 0 Å². The molecule has 2 heterocycles. The van der Waals surface area contributed by atoms with E-state index < -0.39 is 11.1 Å². The van der Waals surface area contributed by atoms with Gasteiger partial charge in [-0.05, 0) is 27.2 Å². The third-order valence-corrected chi connectivity index (χ3v) is 3.35. The van der Waals surface area contributed by atoms with Crippen LogP contribution in [-0.4, -0.2) is 54.3 Å². The maximum atomic E-state index is 12.0. The molecule has 0 spiro atoms. The molecule has 0 aliphatic carbocycles. The van der Waals surface area contributed by atoms with Gasteiger partial charge in [0, 0.05) is 6.54 Å². The topological polar surface area (TPSA) is 67.9 Å². The molecule has 0 aromatic heterocycles. The third-order valence-electron chi connectivity index (χ3n) is 3.35. The van der Waals surface area contributed by atoms with E-state index in [1.807, 2.05) is 20.8 Å². The van der Waals surface area contributed by atoms with Crippen LogP contribution in [0.5, 0.6) is 0 Å². The molecule has 0 saturated carbocycles. The summed E-state index contributed by atoms with van der Waals surface area (Å²) in [5.41, 5.74) is -1.26. The van der Waals surface area contributed by atoms with E-state index in [1.54, 1.807) is 4.90 Å². The first-order chi connectivity index (χ1) is 8.27. The fourth-order valence-electron chi connectivity index (χ4n) is 2.57. The summed E-state index contributed by atoms with van der Waals surface area (Å²) in [6, 6.07) is 0.0129. The molecule has 2 unspecified atom stereocenters. The van der Waals surface area contributed by atoms with Gasteiger partial charge >= 0.3 is 12.1 Å². The average molecular weight is 256 g/mol. The molecule has 18 heavy (non-hydrogen) atoms. The number of rotatable bonds is 1. The zero-order chi connectivity index (χ0) is 13.6. The van der Waals surface area contributed by atoms with Crippen LogP contribution < -0.4 is 5.32 Å². The number of hydrogen-bond acceptors (Lipinski definition) is 5. The molecule has 2 fully saturated rings. The lowest BCUT2D eigenvalue weighted by molar-refractivity contribution is -0.147. The smallest absolute Gasteiger partial charge is 0.410 e. The van der Waals surface area contributed by atoms with E-state index in [0.717, 1.165) is 0 Å². The Labute approximate surface area is 107 Å². The Morgan fingerprint density at radius 1 is 1.39 bits per heavy atom. The van der Waals surface area contributed by atoms with Crippen LogP contribution in [0.1, 0.15) is 27.2 Å². The van der Waals surface area contributed by atoms with E-state index in [4.69, 9.17) is 9.47 Å². The molecule has 1 amide bonds. The SMILES string of the molecule is COC(=O)C12CC(CN1)N(C(=O)OC(C)(C)C)C2. The fraction of sp³-hybridized carbons (Fsp3) is 0.833. The lowest BCUT2D eigenvalue weighted by Gasteiger charge is -2.33. The molecule has 0 aromatic rings. The van der Waals surface area contributed by atoms with Gasteiger partial charge in [-0.1, -0.05) is 0 Å². The minimum Gasteiger partial charge on any atom is -0.468 e. The van der Waals surface area contributed by atoms with E-state index in [1.165, 1.54) is 7.11 Å². The quantitative estimate of drug-likeness (QED) is 0.692. The summed E-state index contributed by atoms with van der Waals surface area (Å²) in [7, 11) is 1.36. The number of carbonyl (C=O) groups excluding carboxylic acids is 2. The van der Waals surface area contributed by atoms with E-state index in [2.05, 4.69) is 5.32 Å². The molecule has 2 aliphatic rings. The lowest BCUT2D eigenvalue weighted by atomic mass is 10.0. The maximum absolute atomic E-state index is 12.0. The normalized spacial score (nSPS) is 30.4. The predicted octanol–water partition coefficient (Wildman–Crippen LogP) is 0.511. The fourth-order valence-corrected chi connectivity index (χ4v) is 2.57. The summed E-state index contributed by atoms with van der Waals surface area (Å²) < 4.78 is 10.1. The van der Waals surface area contributed by atoms with E-state index >= 15 is 0 Å². The van der Waals surface area contributed by atoms with E-state index in [0.29, 0.717) is 19.5 Å². The van der Waals surface area contributed by atoms with Gasteiger partial charge in [-0.2, -0.15) is 0 Å². The third kappa shape index (κ3) is 2.16. The molecule has 2 rings (SSSR count). The van der Waals surface area contributed by atoms with Crippen molar-refractivity contribution in [2.45, 2.75) is 44.4 Å². The number of fused-ring (bicyclic) bond motifs is 2. The van der Waals surface area contributed by atoms with Crippen LogP contribution in [0.25, 0.3) is 0 Å². The molecule has 6 nitrogen and oxygen atoms in total. The first-order valence-electron chi connectivity index (χ1n) is 6.10. The van der Waals surface area contributed by atoms with Crippen molar-refractivity contribution in [1.29, 1.82) is 0 Å². The summed E-state index contributed by atoms with van der Waals surface area (Å²) in [5, 5.41) is 3.14. The van der Waals surface area contributed by atoms with Gasteiger partial charge in [0.15, 0.2) is 0 Å². The largest absolute Gasteiger partial charge is 0.468 e. The van der Waals surface area contributed by atoms with Gasteiger partial charge in [-0.15, -0.1) is 0 Å². The molecule has 0 radical (unpaired) electrons. The minimum absolute atomic E-state index is 0.0129. The predicted molar refractivity (Wildman–Crippen MR) is 64.1 cm³/mol. The molecule has 2 atom stereocenters. The minimum atomic E-state index is -0.740. The van der Waals surface area contributed by atoms with Crippen molar-refractivity contribution in [3.05, 3.63) is 0 Å². The zero-order valence-electron chi connectivity index (χ0n) is 11.3. The molecule has 102 valence electrons. The van der Waals surface area contributed by atoms with Crippen LogP contribution in [-0.2, 0) is 14.3 Å².